The summed E-state index contributed by atoms with van der Waals surface area (Å²) < 4.78 is 5.89. The number of hydrogen-bond acceptors (Lipinski definition) is 7. The molecule has 2 atom stereocenters. The highest BCUT2D eigenvalue weighted by Crippen LogP contribution is 2.33. The molecule has 0 saturated heterocycles. The summed E-state index contributed by atoms with van der Waals surface area (Å²) >= 11 is 1.39. The van der Waals surface area contributed by atoms with E-state index in [0.29, 0.717) is 10.7 Å². The highest BCUT2D eigenvalue weighted by atomic mass is 32.1. The molecule has 0 spiro atoms. The number of amides is 2. The molecule has 2 heterocycles. The lowest BCUT2D eigenvalue weighted by atomic mass is 9.95. The van der Waals surface area contributed by atoms with Crippen molar-refractivity contribution in [2.75, 3.05) is 6.61 Å². The van der Waals surface area contributed by atoms with Crippen molar-refractivity contribution < 1.29 is 24.2 Å². The Balaban J connectivity index is 1.23. The quantitative estimate of drug-likeness (QED) is 0.0959. The number of nitrogens with one attached hydrogen (secondary N) is 2. The summed E-state index contributed by atoms with van der Waals surface area (Å²) in [6.07, 6.45) is 11.3. The maximum Gasteiger partial charge on any atom is 0.326 e. The van der Waals surface area contributed by atoms with Gasteiger partial charge in [-0.1, -0.05) is 89.8 Å². The van der Waals surface area contributed by atoms with Crippen LogP contribution in [0.25, 0.3) is 22.5 Å². The van der Waals surface area contributed by atoms with Gasteiger partial charge in [0.25, 0.3) is 5.91 Å². The Kier molecular flexibility index (Phi) is 12.4. The molecule has 10 heteroatoms. The second-order valence-corrected chi connectivity index (χ2v) is 15.2. The molecular formula is C40H48N4O5S. The molecule has 1 saturated carbocycles. The molecule has 9 nitrogen and oxygen atoms in total. The summed E-state index contributed by atoms with van der Waals surface area (Å²) in [6, 6.07) is 17.2. The molecule has 3 N–H and O–H groups in total. The number of aromatic nitrogens is 2. The number of hydrogen-bond donors (Lipinski definition) is 3. The lowest BCUT2D eigenvalue weighted by molar-refractivity contribution is -0.142. The maximum atomic E-state index is 13.5. The predicted molar refractivity (Wildman–Crippen MR) is 197 cm³/mol. The zero-order chi connectivity index (χ0) is 35.7. The number of benzene rings is 2. The lowest BCUT2D eigenvalue weighted by Gasteiger charge is -2.21. The van der Waals surface area contributed by atoms with Gasteiger partial charge in [-0.25, -0.2) is 14.8 Å². The van der Waals surface area contributed by atoms with Gasteiger partial charge in [0.2, 0.25) is 5.91 Å². The number of unbranched alkanes of at least 4 members (excludes halogenated alkanes) is 4. The van der Waals surface area contributed by atoms with Crippen LogP contribution in [0.3, 0.4) is 0 Å². The third-order valence-electron chi connectivity index (χ3n) is 8.86. The summed E-state index contributed by atoms with van der Waals surface area (Å²) in [5.41, 5.74) is 3.39. The van der Waals surface area contributed by atoms with Gasteiger partial charge in [0.1, 0.15) is 17.8 Å². The Labute approximate surface area is 298 Å². The first-order valence-electron chi connectivity index (χ1n) is 17.6. The minimum atomic E-state index is -1.07. The lowest BCUT2D eigenvalue weighted by Crippen LogP contribution is -2.53. The van der Waals surface area contributed by atoms with Crippen molar-refractivity contribution in [2.45, 2.75) is 96.6 Å². The fourth-order valence-electron chi connectivity index (χ4n) is 5.66. The van der Waals surface area contributed by atoms with Crippen LogP contribution in [-0.4, -0.2) is 51.5 Å². The Bertz CT molecular complexity index is 1730. The first-order chi connectivity index (χ1) is 24.0. The van der Waals surface area contributed by atoms with Crippen molar-refractivity contribution in [3.05, 3.63) is 88.4 Å². The standard InChI is InChI=1S/C40H48N4O5S/c1-5-6-7-8-9-22-49-31-18-16-27(17-19-31)30-24-41-36(42-25-30)29-12-10-26(11-13-29)23-32(37(45)44-35(39(47)48)28-14-15-28)43-38(46)33-20-21-34(50-33)40(2,3)4/h10-13,16-21,24-25,28,32,35H,5-9,14-15,22-23H2,1-4H3,(H,43,46)(H,44,45)(H,47,48)/t32-,35+/m0/s1. The van der Waals surface area contributed by atoms with E-state index in [4.69, 9.17) is 4.74 Å². The normalized spacial score (nSPS) is 14.1. The number of nitrogens with zero attached hydrogens (tertiary/aromatic N) is 2. The first-order valence-corrected chi connectivity index (χ1v) is 18.4. The molecule has 1 fully saturated rings. The average molecular weight is 697 g/mol. The zero-order valence-corrected chi connectivity index (χ0v) is 30.2. The summed E-state index contributed by atoms with van der Waals surface area (Å²) in [7, 11) is 0. The number of thiophene rings is 1. The minimum absolute atomic E-state index is 0.0894. The van der Waals surface area contributed by atoms with Gasteiger partial charge in [0, 0.05) is 34.8 Å². The van der Waals surface area contributed by atoms with E-state index in [0.717, 1.165) is 58.7 Å². The molecule has 0 radical (unpaired) electrons. The van der Waals surface area contributed by atoms with E-state index >= 15 is 0 Å². The molecule has 0 aliphatic heterocycles. The van der Waals surface area contributed by atoms with Crippen molar-refractivity contribution in [2.24, 2.45) is 5.92 Å². The summed E-state index contributed by atoms with van der Waals surface area (Å²) in [6.45, 7) is 9.17. The van der Waals surface area contributed by atoms with Crippen LogP contribution in [0.2, 0.25) is 0 Å². The highest BCUT2D eigenvalue weighted by molar-refractivity contribution is 7.14. The van der Waals surface area contributed by atoms with Crippen molar-refractivity contribution in [1.82, 2.24) is 20.6 Å². The van der Waals surface area contributed by atoms with E-state index in [1.807, 2.05) is 54.6 Å². The molecule has 1 aliphatic rings. The van der Waals surface area contributed by atoms with Gasteiger partial charge in [-0.05, 0) is 66.0 Å². The van der Waals surface area contributed by atoms with E-state index in [1.54, 1.807) is 18.5 Å². The van der Waals surface area contributed by atoms with Crippen LogP contribution in [0.4, 0.5) is 0 Å². The van der Waals surface area contributed by atoms with Crippen molar-refractivity contribution in [3.63, 3.8) is 0 Å². The largest absolute Gasteiger partial charge is 0.494 e. The second kappa shape index (κ2) is 16.9. The highest BCUT2D eigenvalue weighted by Gasteiger charge is 2.38. The van der Waals surface area contributed by atoms with Crippen molar-refractivity contribution in [1.29, 1.82) is 0 Å². The van der Waals surface area contributed by atoms with Gasteiger partial charge in [0.15, 0.2) is 5.82 Å². The SMILES string of the molecule is CCCCCCCOc1ccc(-c2cnc(-c3ccc(C[C@H](NC(=O)c4ccc(C(C)(C)C)s4)C(=O)N[C@@H](C(=O)O)C4CC4)cc3)nc2)cc1. The third kappa shape index (κ3) is 10.2. The number of carboxylic acids is 1. The monoisotopic (exact) mass is 696 g/mol. The van der Waals surface area contributed by atoms with Crippen LogP contribution in [0.15, 0.2) is 73.1 Å². The third-order valence-corrected chi connectivity index (χ3v) is 10.4. The fraction of sp³-hybridized carbons (Fsp3) is 0.425. The topological polar surface area (TPSA) is 131 Å². The number of carboxylic acid groups (broad SMARTS) is 1. The van der Waals surface area contributed by atoms with E-state index in [2.05, 4.69) is 48.3 Å². The molecule has 0 bridgehead atoms. The molecule has 2 aromatic carbocycles. The van der Waals surface area contributed by atoms with Crippen LogP contribution < -0.4 is 15.4 Å². The van der Waals surface area contributed by atoms with Gasteiger partial charge in [0.05, 0.1) is 11.5 Å². The van der Waals surface area contributed by atoms with E-state index in [9.17, 15) is 19.5 Å². The van der Waals surface area contributed by atoms with Gasteiger partial charge < -0.3 is 20.5 Å². The van der Waals surface area contributed by atoms with Crippen LogP contribution in [-0.2, 0) is 21.4 Å². The van der Waals surface area contributed by atoms with Crippen LogP contribution in [0.5, 0.6) is 5.75 Å². The summed E-state index contributed by atoms with van der Waals surface area (Å²) in [5.74, 6) is -0.624. The molecule has 264 valence electrons. The summed E-state index contributed by atoms with van der Waals surface area (Å²) in [4.78, 5) is 49.4. The van der Waals surface area contributed by atoms with Crippen molar-refractivity contribution >= 4 is 29.1 Å². The van der Waals surface area contributed by atoms with E-state index < -0.39 is 24.0 Å². The molecule has 5 rings (SSSR count). The maximum absolute atomic E-state index is 13.5. The number of carbonyl (C=O) groups excluding carboxylic acids is 2. The van der Waals surface area contributed by atoms with Crippen LogP contribution >= 0.6 is 11.3 Å². The predicted octanol–water partition coefficient (Wildman–Crippen LogP) is 7.84. The summed E-state index contributed by atoms with van der Waals surface area (Å²) in [5, 5.41) is 15.3. The van der Waals surface area contributed by atoms with Gasteiger partial charge in [-0.3, -0.25) is 9.59 Å². The Morgan fingerprint density at radius 3 is 2.12 bits per heavy atom. The smallest absolute Gasteiger partial charge is 0.326 e. The molecule has 2 aromatic heterocycles. The Hall–Kier alpha value is -4.57. The molecule has 0 unspecified atom stereocenters. The van der Waals surface area contributed by atoms with Crippen LogP contribution in [0.1, 0.15) is 92.8 Å². The Morgan fingerprint density at radius 1 is 0.860 bits per heavy atom. The molecule has 1 aliphatic carbocycles. The van der Waals surface area contributed by atoms with Crippen molar-refractivity contribution in [3.8, 4) is 28.3 Å². The fourth-order valence-corrected chi connectivity index (χ4v) is 6.62. The second-order valence-electron chi connectivity index (χ2n) is 14.1. The van der Waals surface area contributed by atoms with Gasteiger partial charge in [-0.15, -0.1) is 11.3 Å². The van der Waals surface area contributed by atoms with Gasteiger partial charge >= 0.3 is 5.97 Å². The first kappa shape index (κ1) is 36.7. The number of aliphatic carboxylic acids is 1. The number of carbonyl (C=O) groups is 3. The van der Waals surface area contributed by atoms with E-state index in [-0.39, 0.29) is 23.7 Å². The molecular weight excluding hydrogens is 649 g/mol. The Morgan fingerprint density at radius 2 is 1.52 bits per heavy atom. The number of ether oxygens (including phenoxy) is 1. The molecule has 50 heavy (non-hydrogen) atoms. The molecule has 2 amide bonds. The molecule has 4 aromatic rings. The van der Waals surface area contributed by atoms with E-state index in [1.165, 1.54) is 37.0 Å². The zero-order valence-electron chi connectivity index (χ0n) is 29.4. The van der Waals surface area contributed by atoms with Crippen LogP contribution in [0, 0.1) is 5.92 Å². The number of rotatable bonds is 17. The van der Waals surface area contributed by atoms with Gasteiger partial charge in [-0.2, -0.15) is 0 Å². The average Bonchev–Trinajstić information content (AvgIpc) is 3.81. The minimum Gasteiger partial charge on any atom is -0.494 e.